The van der Waals surface area contributed by atoms with Crippen LogP contribution in [0.15, 0.2) is 66.7 Å². The molecule has 0 spiro atoms. The molecule has 0 saturated carbocycles. The Balaban J connectivity index is 2.10. The van der Waals surface area contributed by atoms with Gasteiger partial charge in [0.2, 0.25) is 21.8 Å². The molecule has 1 unspecified atom stereocenters. The topological polar surface area (TPSA) is 105 Å². The van der Waals surface area contributed by atoms with Gasteiger partial charge in [-0.15, -0.1) is 0 Å². The Morgan fingerprint density at radius 1 is 0.930 bits per heavy atom. The highest BCUT2D eigenvalue weighted by atomic mass is 35.5. The zero-order chi connectivity index (χ0) is 31.6. The second kappa shape index (κ2) is 15.8. The summed E-state index contributed by atoms with van der Waals surface area (Å²) in [6, 6.07) is 17.8. The van der Waals surface area contributed by atoms with Crippen LogP contribution >= 0.6 is 23.2 Å². The second-order valence-electron chi connectivity index (χ2n) is 9.88. The van der Waals surface area contributed by atoms with Gasteiger partial charge in [-0.25, -0.2) is 8.42 Å². The maximum absolute atomic E-state index is 14.2. The fourth-order valence-electron chi connectivity index (χ4n) is 4.51. The van der Waals surface area contributed by atoms with Gasteiger partial charge in [0.1, 0.15) is 12.6 Å². The maximum atomic E-state index is 14.2. The van der Waals surface area contributed by atoms with Crippen molar-refractivity contribution in [3.63, 3.8) is 0 Å². The van der Waals surface area contributed by atoms with Crippen molar-refractivity contribution in [3.8, 4) is 11.5 Å². The van der Waals surface area contributed by atoms with Crippen molar-refractivity contribution in [1.82, 2.24) is 10.2 Å². The lowest BCUT2D eigenvalue weighted by atomic mass is 10.0. The Labute approximate surface area is 263 Å². The van der Waals surface area contributed by atoms with Crippen LogP contribution < -0.4 is 19.1 Å². The number of ether oxygens (including phenoxy) is 2. The number of rotatable bonds is 15. The molecule has 9 nitrogen and oxygen atoms in total. The second-order valence-corrected chi connectivity index (χ2v) is 12.6. The fourth-order valence-corrected chi connectivity index (χ4v) is 5.87. The van der Waals surface area contributed by atoms with Crippen LogP contribution in [0, 0.1) is 0 Å². The molecule has 43 heavy (non-hydrogen) atoms. The molecule has 3 aromatic rings. The number of methoxy groups -OCH3 is 2. The lowest BCUT2D eigenvalue weighted by molar-refractivity contribution is -0.140. The highest BCUT2D eigenvalue weighted by molar-refractivity contribution is 7.92. The first-order chi connectivity index (χ1) is 20.5. The molecule has 232 valence electrons. The molecular weight excluding hydrogens is 613 g/mol. The van der Waals surface area contributed by atoms with Gasteiger partial charge >= 0.3 is 0 Å². The molecule has 0 aliphatic rings. The molecule has 0 aliphatic heterocycles. The van der Waals surface area contributed by atoms with Crippen molar-refractivity contribution in [2.24, 2.45) is 0 Å². The minimum Gasteiger partial charge on any atom is -0.493 e. The smallest absolute Gasteiger partial charge is 0.244 e. The average Bonchev–Trinajstić information content (AvgIpc) is 2.98. The van der Waals surface area contributed by atoms with E-state index in [9.17, 15) is 18.0 Å². The number of hydrogen-bond acceptors (Lipinski definition) is 6. The number of unbranched alkanes of at least 4 members (excludes halogenated alkanes) is 1. The largest absolute Gasteiger partial charge is 0.493 e. The Bertz CT molecular complexity index is 1480. The first-order valence-electron chi connectivity index (χ1n) is 13.7. The van der Waals surface area contributed by atoms with E-state index in [1.807, 2.05) is 37.3 Å². The van der Waals surface area contributed by atoms with E-state index in [4.69, 9.17) is 32.7 Å². The van der Waals surface area contributed by atoms with Gasteiger partial charge in [-0.3, -0.25) is 13.9 Å². The molecule has 0 fully saturated rings. The van der Waals surface area contributed by atoms with Gasteiger partial charge in [-0.1, -0.05) is 72.9 Å². The Morgan fingerprint density at radius 2 is 1.58 bits per heavy atom. The molecule has 3 aromatic carbocycles. The number of nitrogens with one attached hydrogen (secondary N) is 1. The molecule has 1 atom stereocenters. The van der Waals surface area contributed by atoms with E-state index in [1.165, 1.54) is 31.3 Å². The molecule has 2 amide bonds. The summed E-state index contributed by atoms with van der Waals surface area (Å²) >= 11 is 13.0. The summed E-state index contributed by atoms with van der Waals surface area (Å²) in [6.07, 6.45) is 2.82. The molecule has 0 saturated heterocycles. The maximum Gasteiger partial charge on any atom is 0.244 e. The normalized spacial score (nSPS) is 11.9. The van der Waals surface area contributed by atoms with Gasteiger partial charge in [0, 0.05) is 41.2 Å². The van der Waals surface area contributed by atoms with Gasteiger partial charge in [0.25, 0.3) is 0 Å². The molecule has 0 aromatic heterocycles. The summed E-state index contributed by atoms with van der Waals surface area (Å²) in [6.45, 7) is 1.72. The molecule has 0 bridgehead atoms. The Hall–Kier alpha value is -3.47. The van der Waals surface area contributed by atoms with Gasteiger partial charge in [-0.05, 0) is 36.2 Å². The Kier molecular flexibility index (Phi) is 12.5. The minimum absolute atomic E-state index is 0.125. The molecule has 12 heteroatoms. The van der Waals surface area contributed by atoms with Gasteiger partial charge in [-0.2, -0.15) is 0 Å². The third-order valence-electron chi connectivity index (χ3n) is 6.83. The predicted octanol–water partition coefficient (Wildman–Crippen LogP) is 5.33. The summed E-state index contributed by atoms with van der Waals surface area (Å²) in [4.78, 5) is 29.3. The fraction of sp³-hybridized carbons (Fsp3) is 0.355. The quantitative estimate of drug-likeness (QED) is 0.223. The summed E-state index contributed by atoms with van der Waals surface area (Å²) in [5.41, 5.74) is 1.45. The highest BCUT2D eigenvalue weighted by Gasteiger charge is 2.34. The number of amides is 2. The number of carbonyl (C=O) groups excluding carboxylic acids is 2. The molecule has 3 rings (SSSR count). The van der Waals surface area contributed by atoms with Crippen molar-refractivity contribution < 1.29 is 27.5 Å². The van der Waals surface area contributed by atoms with Crippen LogP contribution in [-0.2, 0) is 32.6 Å². The average molecular weight is 651 g/mol. The number of hydrogen-bond donors (Lipinski definition) is 1. The van der Waals surface area contributed by atoms with Crippen molar-refractivity contribution in [3.05, 3.63) is 87.9 Å². The van der Waals surface area contributed by atoms with E-state index in [2.05, 4.69) is 5.32 Å². The SMILES string of the molecule is CCCCNC(=O)C(Cc1ccccc1)N(Cc1c(Cl)cccc1Cl)C(=O)CN(c1ccc(OC)c(OC)c1)S(C)(=O)=O. The zero-order valence-electron chi connectivity index (χ0n) is 24.7. The molecule has 1 N–H and O–H groups in total. The van der Waals surface area contributed by atoms with E-state index >= 15 is 0 Å². The van der Waals surface area contributed by atoms with Crippen molar-refractivity contribution in [2.45, 2.75) is 38.8 Å². The number of sulfonamides is 1. The summed E-state index contributed by atoms with van der Waals surface area (Å²) in [7, 11) is -1.07. The van der Waals surface area contributed by atoms with Crippen LogP contribution in [0.1, 0.15) is 30.9 Å². The predicted molar refractivity (Wildman–Crippen MR) is 171 cm³/mol. The summed E-state index contributed by atoms with van der Waals surface area (Å²) in [5, 5.41) is 3.57. The van der Waals surface area contributed by atoms with Crippen LogP contribution in [0.4, 0.5) is 5.69 Å². The number of nitrogens with zero attached hydrogens (tertiary/aromatic N) is 2. The molecule has 0 heterocycles. The van der Waals surface area contributed by atoms with Crippen LogP contribution in [0.25, 0.3) is 0 Å². The van der Waals surface area contributed by atoms with Crippen LogP contribution in [0.5, 0.6) is 11.5 Å². The van der Waals surface area contributed by atoms with Gasteiger partial charge in [0.15, 0.2) is 11.5 Å². The third-order valence-corrected chi connectivity index (χ3v) is 8.67. The number of benzene rings is 3. The van der Waals surface area contributed by atoms with E-state index in [0.717, 1.165) is 29.0 Å². The minimum atomic E-state index is -3.97. The van der Waals surface area contributed by atoms with E-state index < -0.39 is 28.5 Å². The van der Waals surface area contributed by atoms with Gasteiger partial charge in [0.05, 0.1) is 26.2 Å². The lowest BCUT2D eigenvalue weighted by Gasteiger charge is -2.34. The van der Waals surface area contributed by atoms with E-state index in [1.54, 1.807) is 24.3 Å². The first-order valence-corrected chi connectivity index (χ1v) is 16.3. The van der Waals surface area contributed by atoms with Gasteiger partial charge < -0.3 is 19.7 Å². The highest BCUT2D eigenvalue weighted by Crippen LogP contribution is 2.33. The molecular formula is C31H37Cl2N3O6S. The van der Waals surface area contributed by atoms with E-state index in [-0.39, 0.29) is 30.3 Å². The van der Waals surface area contributed by atoms with Crippen LogP contribution in [-0.4, -0.2) is 64.7 Å². The Morgan fingerprint density at radius 3 is 2.16 bits per heavy atom. The number of anilines is 1. The van der Waals surface area contributed by atoms with Crippen molar-refractivity contribution in [2.75, 3.05) is 37.9 Å². The van der Waals surface area contributed by atoms with Crippen LogP contribution in [0.3, 0.4) is 0 Å². The first kappa shape index (κ1) is 34.0. The molecule has 0 radical (unpaired) electrons. The number of halogens is 2. The monoisotopic (exact) mass is 649 g/mol. The molecule has 0 aliphatic carbocycles. The summed E-state index contributed by atoms with van der Waals surface area (Å²) in [5.74, 6) is -0.306. The van der Waals surface area contributed by atoms with Crippen molar-refractivity contribution >= 4 is 50.7 Å². The van der Waals surface area contributed by atoms with E-state index in [0.29, 0.717) is 27.9 Å². The standard InChI is InChI=1S/C31H37Cl2N3O6S/c1-5-6-17-34-31(38)27(18-22-11-8-7-9-12-22)35(20-24-25(32)13-10-14-26(24)33)30(37)21-36(43(4,39)40)23-15-16-28(41-2)29(19-23)42-3/h7-16,19,27H,5-6,17-18,20-21H2,1-4H3,(H,34,38). The van der Waals surface area contributed by atoms with Crippen LogP contribution in [0.2, 0.25) is 10.0 Å². The summed E-state index contributed by atoms with van der Waals surface area (Å²) < 4.78 is 37.7. The zero-order valence-corrected chi connectivity index (χ0v) is 27.0. The van der Waals surface area contributed by atoms with Crippen molar-refractivity contribution in [1.29, 1.82) is 0 Å². The number of carbonyl (C=O) groups is 2. The third kappa shape index (κ3) is 9.26. The lowest BCUT2D eigenvalue weighted by Crippen LogP contribution is -2.53.